The number of carbonyl (C=O) groups excluding carboxylic acids is 2. The van der Waals surface area contributed by atoms with Gasteiger partial charge in [-0.25, -0.2) is 0 Å². The molecular weight excluding hydrogens is 259 g/mol. The first kappa shape index (κ1) is 13.6. The lowest BCUT2D eigenvalue weighted by Gasteiger charge is -2.26. The van der Waals surface area contributed by atoms with Gasteiger partial charge >= 0.3 is 12.1 Å². The average Bonchev–Trinajstić information content (AvgIpc) is 2.31. The van der Waals surface area contributed by atoms with Crippen molar-refractivity contribution in [1.29, 1.82) is 0 Å². The number of alkyl halides is 3. The van der Waals surface area contributed by atoms with Crippen LogP contribution in [0.1, 0.15) is 40.4 Å². The second-order valence-electron chi connectivity index (χ2n) is 4.58. The molecule has 1 aromatic rings. The van der Waals surface area contributed by atoms with Gasteiger partial charge in [-0.1, -0.05) is 23.8 Å². The van der Waals surface area contributed by atoms with E-state index in [1.807, 2.05) is 5.32 Å². The number of hydrogen-bond donors (Lipinski definition) is 1. The number of ketones is 1. The molecule has 0 radical (unpaired) electrons. The van der Waals surface area contributed by atoms with Crippen molar-refractivity contribution in [2.75, 3.05) is 0 Å². The topological polar surface area (TPSA) is 46.2 Å². The summed E-state index contributed by atoms with van der Waals surface area (Å²) in [5, 5.41) is 1.95. The molecule has 1 aliphatic rings. The van der Waals surface area contributed by atoms with Crippen LogP contribution in [0.2, 0.25) is 0 Å². The van der Waals surface area contributed by atoms with E-state index in [9.17, 15) is 22.8 Å². The fraction of sp³-hybridized carbons (Fsp3) is 0.385. The molecule has 2 rings (SSSR count). The van der Waals surface area contributed by atoms with Gasteiger partial charge in [0.2, 0.25) is 0 Å². The lowest BCUT2D eigenvalue weighted by Crippen LogP contribution is -2.40. The van der Waals surface area contributed by atoms with Crippen molar-refractivity contribution in [2.45, 2.75) is 32.0 Å². The lowest BCUT2D eigenvalue weighted by atomic mass is 9.86. The minimum Gasteiger partial charge on any atom is -0.341 e. The molecule has 1 atom stereocenters. The Morgan fingerprint density at radius 3 is 2.68 bits per heavy atom. The highest BCUT2D eigenvalue weighted by atomic mass is 19.4. The number of carbonyl (C=O) groups is 2. The first-order valence-electron chi connectivity index (χ1n) is 5.80. The summed E-state index contributed by atoms with van der Waals surface area (Å²) < 4.78 is 36.8. The summed E-state index contributed by atoms with van der Waals surface area (Å²) >= 11 is 0. The molecule has 1 aliphatic carbocycles. The molecule has 0 fully saturated rings. The largest absolute Gasteiger partial charge is 0.471 e. The number of nitrogens with one attached hydrogen (secondary N) is 1. The quantitative estimate of drug-likeness (QED) is 0.853. The molecule has 1 aromatic carbocycles. The Labute approximate surface area is 107 Å². The maximum absolute atomic E-state index is 12.3. The van der Waals surface area contributed by atoms with Gasteiger partial charge in [0.25, 0.3) is 0 Å². The lowest BCUT2D eigenvalue weighted by molar-refractivity contribution is -0.174. The zero-order valence-electron chi connectivity index (χ0n) is 10.2. The molecule has 102 valence electrons. The third kappa shape index (κ3) is 2.77. The third-order valence-electron chi connectivity index (χ3n) is 3.11. The molecule has 0 saturated carbocycles. The number of fused-ring (bicyclic) bond motifs is 1. The van der Waals surface area contributed by atoms with Crippen molar-refractivity contribution in [3.05, 3.63) is 34.9 Å². The van der Waals surface area contributed by atoms with Crippen LogP contribution in [-0.2, 0) is 4.79 Å². The Hall–Kier alpha value is -1.85. The van der Waals surface area contributed by atoms with Crippen LogP contribution >= 0.6 is 0 Å². The van der Waals surface area contributed by atoms with Crippen LogP contribution in [0.3, 0.4) is 0 Å². The molecule has 3 nitrogen and oxygen atoms in total. The number of hydrogen-bond acceptors (Lipinski definition) is 2. The van der Waals surface area contributed by atoms with Crippen LogP contribution < -0.4 is 5.32 Å². The number of rotatable bonds is 1. The molecule has 1 unspecified atom stereocenters. The summed E-state index contributed by atoms with van der Waals surface area (Å²) in [7, 11) is 0. The molecule has 0 heterocycles. The molecule has 0 bridgehead atoms. The highest BCUT2D eigenvalue weighted by Gasteiger charge is 2.40. The second kappa shape index (κ2) is 4.68. The monoisotopic (exact) mass is 271 g/mol. The van der Waals surface area contributed by atoms with Crippen LogP contribution in [0.4, 0.5) is 13.2 Å². The van der Waals surface area contributed by atoms with Crippen molar-refractivity contribution in [2.24, 2.45) is 0 Å². The van der Waals surface area contributed by atoms with Crippen LogP contribution in [0, 0.1) is 6.92 Å². The normalized spacial score (nSPS) is 18.9. The first-order chi connectivity index (χ1) is 8.79. The third-order valence-corrected chi connectivity index (χ3v) is 3.11. The molecule has 1 amide bonds. The minimum atomic E-state index is -4.91. The number of amides is 1. The molecule has 0 spiro atoms. The van der Waals surface area contributed by atoms with E-state index >= 15 is 0 Å². The highest BCUT2D eigenvalue weighted by molar-refractivity contribution is 5.99. The molecule has 0 saturated heterocycles. The summed E-state index contributed by atoms with van der Waals surface area (Å²) in [5.41, 5.74) is 1.69. The Bertz CT molecular complexity index is 537. The summed E-state index contributed by atoms with van der Waals surface area (Å²) in [6.07, 6.45) is -4.58. The van der Waals surface area contributed by atoms with Crippen molar-refractivity contribution in [1.82, 2.24) is 5.32 Å². The second-order valence-corrected chi connectivity index (χ2v) is 4.58. The molecule has 1 N–H and O–H groups in total. The summed E-state index contributed by atoms with van der Waals surface area (Å²) in [5.74, 6) is -2.08. The van der Waals surface area contributed by atoms with Gasteiger partial charge in [-0.3, -0.25) is 9.59 Å². The van der Waals surface area contributed by atoms with Crippen molar-refractivity contribution >= 4 is 11.7 Å². The molecule has 6 heteroatoms. The SMILES string of the molecule is Cc1ccc2c(c1)C(NC(=O)C(F)(F)F)CCC2=O. The fourth-order valence-electron chi connectivity index (χ4n) is 2.18. The van der Waals surface area contributed by atoms with Gasteiger partial charge in [0.1, 0.15) is 0 Å². The summed E-state index contributed by atoms with van der Waals surface area (Å²) in [6.45, 7) is 1.78. The standard InChI is InChI=1S/C13H12F3NO2/c1-7-2-3-8-9(6-7)10(4-5-11(8)18)17-12(19)13(14,15)16/h2-3,6,10H,4-5H2,1H3,(H,17,19). The highest BCUT2D eigenvalue weighted by Crippen LogP contribution is 2.31. The first-order valence-corrected chi connectivity index (χ1v) is 5.80. The number of halogens is 3. The fourth-order valence-corrected chi connectivity index (χ4v) is 2.18. The van der Waals surface area contributed by atoms with E-state index in [-0.39, 0.29) is 18.6 Å². The zero-order chi connectivity index (χ0) is 14.2. The van der Waals surface area contributed by atoms with E-state index in [0.29, 0.717) is 11.1 Å². The number of aryl methyl sites for hydroxylation is 1. The summed E-state index contributed by atoms with van der Waals surface area (Å²) in [4.78, 5) is 22.7. The minimum absolute atomic E-state index is 0.104. The van der Waals surface area contributed by atoms with Gasteiger partial charge in [-0.2, -0.15) is 13.2 Å². The maximum Gasteiger partial charge on any atom is 0.471 e. The van der Waals surface area contributed by atoms with E-state index < -0.39 is 18.1 Å². The van der Waals surface area contributed by atoms with E-state index in [0.717, 1.165) is 5.56 Å². The predicted molar refractivity (Wildman–Crippen MR) is 61.7 cm³/mol. The van der Waals surface area contributed by atoms with E-state index in [1.165, 1.54) is 0 Å². The van der Waals surface area contributed by atoms with Crippen molar-refractivity contribution in [3.63, 3.8) is 0 Å². The van der Waals surface area contributed by atoms with Crippen LogP contribution in [0.25, 0.3) is 0 Å². The van der Waals surface area contributed by atoms with Crippen molar-refractivity contribution in [3.8, 4) is 0 Å². The van der Waals surface area contributed by atoms with Gasteiger partial charge < -0.3 is 5.32 Å². The Kier molecular flexibility index (Phi) is 3.34. The van der Waals surface area contributed by atoms with Gasteiger partial charge in [0.05, 0.1) is 6.04 Å². The van der Waals surface area contributed by atoms with Crippen LogP contribution in [0.5, 0.6) is 0 Å². The molecule has 19 heavy (non-hydrogen) atoms. The van der Waals surface area contributed by atoms with E-state index in [4.69, 9.17) is 0 Å². The van der Waals surface area contributed by atoms with E-state index in [1.54, 1.807) is 25.1 Å². The number of Topliss-reactive ketones (excluding diaryl/α,β-unsaturated/α-hetero) is 1. The number of benzene rings is 1. The van der Waals surface area contributed by atoms with Gasteiger partial charge in [-0.05, 0) is 18.9 Å². The van der Waals surface area contributed by atoms with Crippen molar-refractivity contribution < 1.29 is 22.8 Å². The average molecular weight is 271 g/mol. The smallest absolute Gasteiger partial charge is 0.341 e. The summed E-state index contributed by atoms with van der Waals surface area (Å²) in [6, 6.07) is 4.21. The molecule has 0 aliphatic heterocycles. The Morgan fingerprint density at radius 1 is 1.37 bits per heavy atom. The Balaban J connectivity index is 2.31. The zero-order valence-corrected chi connectivity index (χ0v) is 10.2. The van der Waals surface area contributed by atoms with Crippen LogP contribution in [0.15, 0.2) is 18.2 Å². The Morgan fingerprint density at radius 2 is 2.05 bits per heavy atom. The van der Waals surface area contributed by atoms with Gasteiger partial charge in [0.15, 0.2) is 5.78 Å². The maximum atomic E-state index is 12.3. The predicted octanol–water partition coefficient (Wildman–Crippen LogP) is 2.69. The van der Waals surface area contributed by atoms with Gasteiger partial charge in [0, 0.05) is 12.0 Å². The van der Waals surface area contributed by atoms with Gasteiger partial charge in [-0.15, -0.1) is 0 Å². The van der Waals surface area contributed by atoms with Crippen LogP contribution in [-0.4, -0.2) is 17.9 Å². The van der Waals surface area contributed by atoms with E-state index in [2.05, 4.69) is 0 Å². The molecule has 0 aromatic heterocycles. The molecular formula is C13H12F3NO2.